The predicted molar refractivity (Wildman–Crippen MR) is 118 cm³/mol. The number of fused-ring (bicyclic) bond motifs is 3. The van der Waals surface area contributed by atoms with Crippen LogP contribution in [0.3, 0.4) is 0 Å². The molecule has 4 aromatic rings. The van der Waals surface area contributed by atoms with Gasteiger partial charge in [0.05, 0.1) is 44.9 Å². The highest BCUT2D eigenvalue weighted by molar-refractivity contribution is 7.21. The van der Waals surface area contributed by atoms with Gasteiger partial charge < -0.3 is 19.5 Å². The zero-order valence-electron chi connectivity index (χ0n) is 15.9. The van der Waals surface area contributed by atoms with Crippen LogP contribution in [0.4, 0.5) is 5.69 Å². The second kappa shape index (κ2) is 8.06. The van der Waals surface area contributed by atoms with Gasteiger partial charge in [-0.3, -0.25) is 4.79 Å². The van der Waals surface area contributed by atoms with Crippen LogP contribution in [0.2, 0.25) is 5.02 Å². The van der Waals surface area contributed by atoms with E-state index in [1.807, 2.05) is 24.4 Å². The number of thiophene rings is 1. The van der Waals surface area contributed by atoms with Gasteiger partial charge in [-0.05, 0) is 18.4 Å². The molecule has 0 radical (unpaired) electrons. The summed E-state index contributed by atoms with van der Waals surface area (Å²) in [7, 11) is 3.01. The van der Waals surface area contributed by atoms with Crippen LogP contribution in [0.25, 0.3) is 20.3 Å². The molecule has 0 atom stereocenters. The number of aromatic nitrogens is 1. The van der Waals surface area contributed by atoms with Crippen molar-refractivity contribution in [3.8, 4) is 17.2 Å². The van der Waals surface area contributed by atoms with E-state index in [1.54, 1.807) is 34.8 Å². The number of aryl methyl sites for hydroxylation is 1. The Labute approximate surface area is 180 Å². The minimum atomic E-state index is -0.323. The number of thiazole rings is 1. The van der Waals surface area contributed by atoms with Crippen molar-refractivity contribution in [3.05, 3.63) is 39.7 Å². The Morgan fingerprint density at radius 2 is 1.97 bits per heavy atom. The topological polar surface area (TPSA) is 69.7 Å². The summed E-state index contributed by atoms with van der Waals surface area (Å²) >= 11 is 9.32. The second-order valence-electron chi connectivity index (χ2n) is 6.14. The molecule has 0 unspecified atom stereocenters. The molecule has 4 rings (SSSR count). The Kier molecular flexibility index (Phi) is 5.49. The molecule has 2 aromatic carbocycles. The summed E-state index contributed by atoms with van der Waals surface area (Å²) in [6.07, 6.45) is 0. The highest BCUT2D eigenvalue weighted by Gasteiger charge is 2.16. The van der Waals surface area contributed by atoms with Gasteiger partial charge in [0, 0.05) is 23.6 Å². The van der Waals surface area contributed by atoms with Crippen molar-refractivity contribution in [1.82, 2.24) is 4.98 Å². The molecule has 2 heterocycles. The maximum Gasteiger partial charge on any atom is 0.262 e. The number of amides is 1. The van der Waals surface area contributed by atoms with Gasteiger partial charge in [-0.25, -0.2) is 4.98 Å². The summed E-state index contributed by atoms with van der Waals surface area (Å²) in [5.41, 5.74) is 1.43. The Morgan fingerprint density at radius 3 is 2.72 bits per heavy atom. The van der Waals surface area contributed by atoms with E-state index in [9.17, 15) is 4.79 Å². The standard InChI is InChI=1S/C20H17ClN2O4S2/c1-10-22-19-17(29-10)8-14(11-4-5-28-20(11)19)27-9-18(24)23-13-7-15(25-2)12(21)6-16(13)26-3/h4-8H,9H2,1-3H3,(H,23,24). The summed E-state index contributed by atoms with van der Waals surface area (Å²) in [6, 6.07) is 7.12. The SMILES string of the molecule is COc1cc(NC(=O)COc2cc3sc(C)nc3c3sccc23)c(OC)cc1Cl. The van der Waals surface area contributed by atoms with Crippen molar-refractivity contribution in [2.24, 2.45) is 0 Å². The molecule has 0 aliphatic carbocycles. The molecule has 0 aliphatic rings. The van der Waals surface area contributed by atoms with E-state index in [1.165, 1.54) is 14.2 Å². The van der Waals surface area contributed by atoms with E-state index in [-0.39, 0.29) is 12.5 Å². The number of anilines is 1. The molecular formula is C20H17ClN2O4S2. The van der Waals surface area contributed by atoms with Gasteiger partial charge in [-0.15, -0.1) is 22.7 Å². The van der Waals surface area contributed by atoms with Crippen LogP contribution in [-0.4, -0.2) is 31.7 Å². The van der Waals surface area contributed by atoms with Crippen molar-refractivity contribution >= 4 is 66.2 Å². The van der Waals surface area contributed by atoms with Crippen LogP contribution in [0.5, 0.6) is 17.2 Å². The van der Waals surface area contributed by atoms with Gasteiger partial charge in [0.25, 0.3) is 5.91 Å². The van der Waals surface area contributed by atoms with Crippen molar-refractivity contribution in [1.29, 1.82) is 0 Å². The quantitative estimate of drug-likeness (QED) is 0.421. The number of rotatable bonds is 6. The third-order valence-corrected chi connectivity index (χ3v) is 6.41. The van der Waals surface area contributed by atoms with Gasteiger partial charge in [0.2, 0.25) is 0 Å². The molecule has 2 aromatic heterocycles. The van der Waals surface area contributed by atoms with Gasteiger partial charge in [-0.1, -0.05) is 11.6 Å². The van der Waals surface area contributed by atoms with Crippen molar-refractivity contribution in [3.63, 3.8) is 0 Å². The summed E-state index contributed by atoms with van der Waals surface area (Å²) in [4.78, 5) is 17.1. The third-order valence-electron chi connectivity index (χ3n) is 4.28. The number of methoxy groups -OCH3 is 2. The van der Waals surface area contributed by atoms with E-state index in [4.69, 9.17) is 25.8 Å². The Bertz CT molecular complexity index is 1220. The maximum atomic E-state index is 12.5. The lowest BCUT2D eigenvalue weighted by Crippen LogP contribution is -2.20. The molecule has 1 N–H and O–H groups in total. The first-order chi connectivity index (χ1) is 14.0. The molecule has 9 heteroatoms. The Morgan fingerprint density at radius 1 is 1.17 bits per heavy atom. The first-order valence-electron chi connectivity index (χ1n) is 8.61. The average Bonchev–Trinajstić information content (AvgIpc) is 3.32. The largest absolute Gasteiger partial charge is 0.495 e. The zero-order chi connectivity index (χ0) is 20.5. The molecule has 6 nitrogen and oxygen atoms in total. The number of hydrogen-bond donors (Lipinski definition) is 1. The first-order valence-corrected chi connectivity index (χ1v) is 10.7. The number of carbonyl (C=O) groups is 1. The predicted octanol–water partition coefficient (Wildman–Crippen LogP) is 5.51. The van der Waals surface area contributed by atoms with Gasteiger partial charge >= 0.3 is 0 Å². The molecule has 0 saturated carbocycles. The minimum absolute atomic E-state index is 0.150. The fourth-order valence-electron chi connectivity index (χ4n) is 2.99. The molecule has 0 spiro atoms. The third kappa shape index (κ3) is 3.83. The summed E-state index contributed by atoms with van der Waals surface area (Å²) in [5.74, 6) is 1.21. The molecule has 0 saturated heterocycles. The number of hydrogen-bond acceptors (Lipinski definition) is 7. The van der Waals surface area contributed by atoms with E-state index in [0.29, 0.717) is 28.0 Å². The number of ether oxygens (including phenoxy) is 3. The lowest BCUT2D eigenvalue weighted by Gasteiger charge is -2.13. The van der Waals surface area contributed by atoms with Crippen LogP contribution in [0, 0.1) is 6.92 Å². The number of nitrogens with zero attached hydrogens (tertiary/aromatic N) is 1. The van der Waals surface area contributed by atoms with Crippen LogP contribution < -0.4 is 19.5 Å². The van der Waals surface area contributed by atoms with Gasteiger partial charge in [0.15, 0.2) is 6.61 Å². The average molecular weight is 449 g/mol. The van der Waals surface area contributed by atoms with Gasteiger partial charge in [0.1, 0.15) is 17.2 Å². The fourth-order valence-corrected chi connectivity index (χ4v) is 5.06. The summed E-state index contributed by atoms with van der Waals surface area (Å²) in [6.45, 7) is 1.83. The summed E-state index contributed by atoms with van der Waals surface area (Å²) in [5, 5.41) is 7.12. The van der Waals surface area contributed by atoms with E-state index >= 15 is 0 Å². The van der Waals surface area contributed by atoms with Crippen LogP contribution in [0.1, 0.15) is 5.01 Å². The lowest BCUT2D eigenvalue weighted by atomic mass is 10.2. The highest BCUT2D eigenvalue weighted by Crippen LogP contribution is 2.39. The number of carbonyl (C=O) groups excluding carboxylic acids is 1. The van der Waals surface area contributed by atoms with E-state index in [0.717, 1.165) is 25.3 Å². The number of benzene rings is 2. The van der Waals surface area contributed by atoms with Crippen LogP contribution in [-0.2, 0) is 4.79 Å². The fraction of sp³-hybridized carbons (Fsp3) is 0.200. The van der Waals surface area contributed by atoms with Crippen LogP contribution >= 0.6 is 34.3 Å². The van der Waals surface area contributed by atoms with Crippen molar-refractivity contribution in [2.75, 3.05) is 26.1 Å². The lowest BCUT2D eigenvalue weighted by molar-refractivity contribution is -0.118. The minimum Gasteiger partial charge on any atom is -0.495 e. The number of nitrogens with one attached hydrogen (secondary N) is 1. The number of halogens is 1. The highest BCUT2D eigenvalue weighted by atomic mass is 35.5. The first kappa shape index (κ1) is 19.8. The molecule has 150 valence electrons. The smallest absolute Gasteiger partial charge is 0.262 e. The van der Waals surface area contributed by atoms with E-state index < -0.39 is 0 Å². The zero-order valence-corrected chi connectivity index (χ0v) is 18.3. The van der Waals surface area contributed by atoms with Gasteiger partial charge in [-0.2, -0.15) is 0 Å². The normalized spacial score (nSPS) is 11.0. The van der Waals surface area contributed by atoms with Crippen LogP contribution in [0.15, 0.2) is 29.6 Å². The molecule has 0 bridgehead atoms. The molecule has 0 fully saturated rings. The maximum absolute atomic E-state index is 12.5. The monoisotopic (exact) mass is 448 g/mol. The Balaban J connectivity index is 1.55. The second-order valence-corrected chi connectivity index (χ2v) is 8.70. The molecule has 1 amide bonds. The van der Waals surface area contributed by atoms with Crippen molar-refractivity contribution < 1.29 is 19.0 Å². The Hall–Kier alpha value is -2.55. The molecule has 0 aliphatic heterocycles. The molecule has 29 heavy (non-hydrogen) atoms. The van der Waals surface area contributed by atoms with Crippen molar-refractivity contribution in [2.45, 2.75) is 6.92 Å². The van der Waals surface area contributed by atoms with E-state index in [2.05, 4.69) is 10.3 Å². The molecular weight excluding hydrogens is 432 g/mol. The summed E-state index contributed by atoms with van der Waals surface area (Å²) < 4.78 is 18.5.